The second kappa shape index (κ2) is 6.84. The number of aromatic nitrogens is 4. The van der Waals surface area contributed by atoms with Crippen LogP contribution in [0.5, 0.6) is 0 Å². The highest BCUT2D eigenvalue weighted by Gasteiger charge is 2.15. The van der Waals surface area contributed by atoms with E-state index in [0.29, 0.717) is 10.6 Å². The summed E-state index contributed by atoms with van der Waals surface area (Å²) in [5, 5.41) is 11.9. The van der Waals surface area contributed by atoms with Crippen LogP contribution in [0.3, 0.4) is 0 Å². The van der Waals surface area contributed by atoms with Crippen molar-refractivity contribution in [2.45, 2.75) is 19.5 Å². The quantitative estimate of drug-likeness (QED) is 0.697. The predicted octanol–water partition coefficient (Wildman–Crippen LogP) is 2.94. The lowest BCUT2D eigenvalue weighted by Gasteiger charge is -2.14. The smallest absolute Gasteiger partial charge is 0.240 e. The van der Waals surface area contributed by atoms with E-state index in [1.165, 1.54) is 0 Å². The molecule has 0 saturated carbocycles. The molecular weight excluding hydrogens is 330 g/mol. The van der Waals surface area contributed by atoms with Crippen LogP contribution in [0.15, 0.2) is 42.0 Å². The zero-order valence-electron chi connectivity index (χ0n) is 12.4. The molecule has 1 atom stereocenters. The van der Waals surface area contributed by atoms with Crippen molar-refractivity contribution in [3.63, 3.8) is 0 Å². The summed E-state index contributed by atoms with van der Waals surface area (Å²) in [5.74, 6) is 0.557. The number of pyridine rings is 1. The maximum absolute atomic E-state index is 12.3. The van der Waals surface area contributed by atoms with Gasteiger partial charge in [-0.3, -0.25) is 19.4 Å². The molecule has 0 aliphatic heterocycles. The number of rotatable bonds is 5. The molecule has 3 heterocycles. The summed E-state index contributed by atoms with van der Waals surface area (Å²) in [6, 6.07) is 7.55. The Morgan fingerprint density at radius 3 is 2.91 bits per heavy atom. The molecule has 1 unspecified atom stereocenters. The maximum atomic E-state index is 12.3. The highest BCUT2D eigenvalue weighted by Crippen LogP contribution is 2.22. The van der Waals surface area contributed by atoms with Gasteiger partial charge in [-0.15, -0.1) is 11.3 Å². The molecule has 3 aromatic rings. The zero-order valence-corrected chi connectivity index (χ0v) is 14.0. The molecule has 6 nitrogen and oxygen atoms in total. The minimum absolute atomic E-state index is 0.100. The summed E-state index contributed by atoms with van der Waals surface area (Å²) in [4.78, 5) is 17.3. The van der Waals surface area contributed by atoms with E-state index >= 15 is 0 Å². The summed E-state index contributed by atoms with van der Waals surface area (Å²) < 4.78 is 2.13. The molecule has 0 bridgehead atoms. The van der Waals surface area contributed by atoms with Gasteiger partial charge in [-0.05, 0) is 48.3 Å². The van der Waals surface area contributed by atoms with Gasteiger partial charge >= 0.3 is 0 Å². The fourth-order valence-electron chi connectivity index (χ4n) is 2.22. The number of carbonyl (C=O) groups excluding carboxylic acids is 1. The van der Waals surface area contributed by atoms with Gasteiger partial charge < -0.3 is 5.32 Å². The first-order valence-corrected chi connectivity index (χ1v) is 8.32. The van der Waals surface area contributed by atoms with Crippen molar-refractivity contribution in [1.29, 1.82) is 0 Å². The molecule has 3 rings (SSSR count). The number of nitrogens with one attached hydrogen (secondary N) is 2. The van der Waals surface area contributed by atoms with Gasteiger partial charge in [0.2, 0.25) is 5.91 Å². The molecule has 0 saturated heterocycles. The Hall–Kier alpha value is -2.32. The van der Waals surface area contributed by atoms with Gasteiger partial charge in [0, 0.05) is 12.4 Å². The van der Waals surface area contributed by atoms with Crippen LogP contribution in [0.25, 0.3) is 10.7 Å². The van der Waals surface area contributed by atoms with E-state index in [1.54, 1.807) is 28.3 Å². The number of aromatic amines is 1. The first-order chi connectivity index (χ1) is 11.1. The van der Waals surface area contributed by atoms with Crippen molar-refractivity contribution in [3.8, 4) is 10.7 Å². The van der Waals surface area contributed by atoms with Crippen LogP contribution in [0.1, 0.15) is 18.5 Å². The second-order valence-corrected chi connectivity index (χ2v) is 6.32. The topological polar surface area (TPSA) is 75.6 Å². The van der Waals surface area contributed by atoms with Crippen molar-refractivity contribution in [3.05, 3.63) is 52.4 Å². The number of carbonyl (C=O) groups is 1. The summed E-state index contributed by atoms with van der Waals surface area (Å²) >= 11 is 6.79. The number of amides is 1. The summed E-state index contributed by atoms with van der Waals surface area (Å²) in [6.45, 7) is 2.06. The lowest BCUT2D eigenvalue weighted by molar-refractivity contribution is -0.122. The predicted molar refractivity (Wildman–Crippen MR) is 91.5 cm³/mol. The monoisotopic (exact) mass is 345 g/mol. The van der Waals surface area contributed by atoms with Crippen LogP contribution >= 0.6 is 23.6 Å². The summed E-state index contributed by atoms with van der Waals surface area (Å²) in [7, 11) is 0. The SMILES string of the molecule is CC(NC(=O)Cn1c(-c2cccs2)n[nH]c1=S)c1ccncc1. The molecule has 8 heteroatoms. The average Bonchev–Trinajstić information content (AvgIpc) is 3.19. The first-order valence-electron chi connectivity index (χ1n) is 7.03. The van der Waals surface area contributed by atoms with Gasteiger partial charge in [0.15, 0.2) is 10.6 Å². The van der Waals surface area contributed by atoms with Gasteiger partial charge in [0.05, 0.1) is 10.9 Å². The Kier molecular flexibility index (Phi) is 4.63. The average molecular weight is 345 g/mol. The third-order valence-corrected chi connectivity index (χ3v) is 4.56. The Morgan fingerprint density at radius 2 is 2.22 bits per heavy atom. The number of thiophene rings is 1. The van der Waals surface area contributed by atoms with Crippen LogP contribution in [-0.4, -0.2) is 25.7 Å². The van der Waals surface area contributed by atoms with Gasteiger partial charge in [-0.25, -0.2) is 0 Å². The van der Waals surface area contributed by atoms with Crippen LogP contribution in [0.2, 0.25) is 0 Å². The van der Waals surface area contributed by atoms with Crippen molar-refractivity contribution in [2.24, 2.45) is 0 Å². The lowest BCUT2D eigenvalue weighted by atomic mass is 10.1. The number of hydrogen-bond acceptors (Lipinski definition) is 5. The van der Waals surface area contributed by atoms with Gasteiger partial charge in [-0.2, -0.15) is 5.10 Å². The van der Waals surface area contributed by atoms with Crippen molar-refractivity contribution in [1.82, 2.24) is 25.1 Å². The molecule has 0 aliphatic carbocycles. The van der Waals surface area contributed by atoms with E-state index in [-0.39, 0.29) is 18.5 Å². The second-order valence-electron chi connectivity index (χ2n) is 4.99. The first kappa shape index (κ1) is 15.6. The summed E-state index contributed by atoms with van der Waals surface area (Å²) in [5.41, 5.74) is 1.00. The van der Waals surface area contributed by atoms with Crippen LogP contribution < -0.4 is 5.32 Å². The molecule has 2 N–H and O–H groups in total. The Bertz CT molecular complexity index is 838. The van der Waals surface area contributed by atoms with E-state index in [9.17, 15) is 4.79 Å². The highest BCUT2D eigenvalue weighted by atomic mass is 32.1. The van der Waals surface area contributed by atoms with Crippen molar-refractivity contribution >= 4 is 29.5 Å². The Balaban J connectivity index is 1.74. The number of nitrogens with zero attached hydrogens (tertiary/aromatic N) is 3. The molecule has 0 aliphatic rings. The molecule has 1 amide bonds. The molecular formula is C15H15N5OS2. The standard InChI is InChI=1S/C15H15N5OS2/c1-10(11-4-6-16-7-5-11)17-13(21)9-20-14(18-19-15(20)22)12-3-2-8-23-12/h2-8,10H,9H2,1H3,(H,17,21)(H,19,22). The lowest BCUT2D eigenvalue weighted by Crippen LogP contribution is -2.30. The molecule has 0 fully saturated rings. The Morgan fingerprint density at radius 1 is 1.43 bits per heavy atom. The fraction of sp³-hybridized carbons (Fsp3) is 0.200. The van der Waals surface area contributed by atoms with Gasteiger partial charge in [0.1, 0.15) is 6.54 Å². The molecule has 0 aromatic carbocycles. The molecule has 23 heavy (non-hydrogen) atoms. The Labute approximate surface area is 142 Å². The molecule has 3 aromatic heterocycles. The molecule has 118 valence electrons. The van der Waals surface area contributed by atoms with Crippen molar-refractivity contribution in [2.75, 3.05) is 0 Å². The fourth-order valence-corrected chi connectivity index (χ4v) is 3.14. The van der Waals surface area contributed by atoms with Gasteiger partial charge in [0.25, 0.3) is 0 Å². The van der Waals surface area contributed by atoms with E-state index in [2.05, 4.69) is 20.5 Å². The third kappa shape index (κ3) is 3.54. The minimum atomic E-state index is -0.121. The van der Waals surface area contributed by atoms with E-state index in [0.717, 1.165) is 10.4 Å². The van der Waals surface area contributed by atoms with Crippen LogP contribution in [0, 0.1) is 4.77 Å². The zero-order chi connectivity index (χ0) is 16.2. The van der Waals surface area contributed by atoms with Gasteiger partial charge in [-0.1, -0.05) is 6.07 Å². The largest absolute Gasteiger partial charge is 0.348 e. The molecule has 0 radical (unpaired) electrons. The van der Waals surface area contributed by atoms with E-state index in [1.807, 2.05) is 36.6 Å². The third-order valence-electron chi connectivity index (χ3n) is 3.39. The van der Waals surface area contributed by atoms with Crippen molar-refractivity contribution < 1.29 is 4.79 Å². The number of H-pyrrole nitrogens is 1. The minimum Gasteiger partial charge on any atom is -0.348 e. The number of hydrogen-bond donors (Lipinski definition) is 2. The summed E-state index contributed by atoms with van der Waals surface area (Å²) in [6.07, 6.45) is 3.41. The van der Waals surface area contributed by atoms with E-state index in [4.69, 9.17) is 12.2 Å². The maximum Gasteiger partial charge on any atom is 0.240 e. The highest BCUT2D eigenvalue weighted by molar-refractivity contribution is 7.71. The molecule has 0 spiro atoms. The van der Waals surface area contributed by atoms with E-state index < -0.39 is 0 Å². The van der Waals surface area contributed by atoms with Crippen LogP contribution in [0.4, 0.5) is 0 Å². The van der Waals surface area contributed by atoms with Crippen LogP contribution in [-0.2, 0) is 11.3 Å². The normalized spacial score (nSPS) is 12.0.